The molecule has 0 aromatic heterocycles. The standard InChI is InChI=1S/C10H7NO2S.CHF3O3S/c12-11(13)9-5-6-10(14)8-4-2-1-3-7(8)9;2-1(3,4)8(5,6)7/h1-6,14H;(H,5,6,7). The number of hydrogen-bond acceptors (Lipinski definition) is 5. The van der Waals surface area contributed by atoms with Crippen LogP contribution in [0.5, 0.6) is 0 Å². The fourth-order valence-electron chi connectivity index (χ4n) is 1.43. The van der Waals surface area contributed by atoms with Gasteiger partial charge < -0.3 is 0 Å². The number of thiol groups is 1. The number of benzene rings is 2. The summed E-state index contributed by atoms with van der Waals surface area (Å²) in [4.78, 5) is 11.1. The molecule has 0 saturated heterocycles. The van der Waals surface area contributed by atoms with Crippen LogP contribution in [0.3, 0.4) is 0 Å². The molecule has 11 heteroatoms. The number of alkyl halides is 3. The third-order valence-electron chi connectivity index (χ3n) is 2.37. The Bertz CT molecular complexity index is 805. The number of hydrogen-bond donors (Lipinski definition) is 2. The van der Waals surface area contributed by atoms with E-state index in [4.69, 9.17) is 13.0 Å². The topological polar surface area (TPSA) is 97.5 Å². The molecular formula is C11H8F3NO5S2. The lowest BCUT2D eigenvalue weighted by molar-refractivity contribution is -0.383. The number of halogens is 3. The van der Waals surface area contributed by atoms with Gasteiger partial charge >= 0.3 is 15.6 Å². The number of nitro groups is 1. The quantitative estimate of drug-likeness (QED) is 0.268. The lowest BCUT2D eigenvalue weighted by Gasteiger charge is -2.01. The summed E-state index contributed by atoms with van der Waals surface area (Å²) in [5, 5.41) is 12.1. The first-order valence-corrected chi connectivity index (χ1v) is 7.22. The highest BCUT2D eigenvalue weighted by molar-refractivity contribution is 7.86. The van der Waals surface area contributed by atoms with E-state index in [1.165, 1.54) is 6.07 Å². The van der Waals surface area contributed by atoms with Gasteiger partial charge in [0.15, 0.2) is 0 Å². The van der Waals surface area contributed by atoms with Crippen LogP contribution in [0.15, 0.2) is 41.3 Å². The van der Waals surface area contributed by atoms with Gasteiger partial charge in [-0.25, -0.2) is 0 Å². The molecule has 0 unspecified atom stereocenters. The van der Waals surface area contributed by atoms with Gasteiger partial charge in [0.2, 0.25) is 0 Å². The third-order valence-corrected chi connectivity index (χ3v) is 3.34. The molecular weight excluding hydrogens is 347 g/mol. The number of rotatable bonds is 1. The predicted octanol–water partition coefficient (Wildman–Crippen LogP) is 3.43. The van der Waals surface area contributed by atoms with Gasteiger partial charge in [-0.3, -0.25) is 14.7 Å². The van der Waals surface area contributed by atoms with Gasteiger partial charge in [0, 0.05) is 16.3 Å². The molecule has 2 aromatic carbocycles. The number of nitro benzene ring substituents is 1. The molecule has 0 atom stereocenters. The average molecular weight is 355 g/mol. The van der Waals surface area contributed by atoms with E-state index in [2.05, 4.69) is 12.6 Å². The Morgan fingerprint density at radius 3 is 1.95 bits per heavy atom. The molecule has 0 fully saturated rings. The summed E-state index contributed by atoms with van der Waals surface area (Å²) in [6, 6.07) is 10.3. The van der Waals surface area contributed by atoms with Gasteiger partial charge in [-0.15, -0.1) is 12.6 Å². The minimum Gasteiger partial charge on any atom is -0.279 e. The summed E-state index contributed by atoms with van der Waals surface area (Å²) in [5.74, 6) is 0. The maximum atomic E-state index is 10.7. The molecule has 6 nitrogen and oxygen atoms in total. The van der Waals surface area contributed by atoms with Gasteiger partial charge in [-0.2, -0.15) is 21.6 Å². The van der Waals surface area contributed by atoms with E-state index in [-0.39, 0.29) is 10.6 Å². The second kappa shape index (κ2) is 6.50. The minimum absolute atomic E-state index is 0.124. The van der Waals surface area contributed by atoms with Crippen LogP contribution in [-0.2, 0) is 10.1 Å². The first-order valence-electron chi connectivity index (χ1n) is 5.34. The van der Waals surface area contributed by atoms with Crippen LogP contribution in [0.1, 0.15) is 0 Å². The average Bonchev–Trinajstić information content (AvgIpc) is 2.37. The fourth-order valence-corrected chi connectivity index (χ4v) is 1.70. The number of non-ortho nitro benzene ring substituents is 1. The Morgan fingerprint density at radius 2 is 1.55 bits per heavy atom. The second-order valence-electron chi connectivity index (χ2n) is 3.83. The Hall–Kier alpha value is -1.85. The molecule has 0 bridgehead atoms. The highest BCUT2D eigenvalue weighted by Gasteiger charge is 2.44. The predicted molar refractivity (Wildman–Crippen MR) is 75.5 cm³/mol. The monoisotopic (exact) mass is 355 g/mol. The zero-order chi connectivity index (χ0) is 17.1. The SMILES string of the molecule is O=S(=O)(O)C(F)(F)F.O=[N+]([O-])c1ccc(S)c2ccccc12. The summed E-state index contributed by atoms with van der Waals surface area (Å²) >= 11 is 4.24. The summed E-state index contributed by atoms with van der Waals surface area (Å²) in [5.41, 5.74) is -5.41. The Labute approximate surface area is 127 Å². The van der Waals surface area contributed by atoms with Gasteiger partial charge in [-0.1, -0.05) is 18.2 Å². The van der Waals surface area contributed by atoms with Crippen LogP contribution in [0.25, 0.3) is 10.8 Å². The Kier molecular flexibility index (Phi) is 5.38. The van der Waals surface area contributed by atoms with Crippen molar-refractivity contribution in [2.45, 2.75) is 10.4 Å². The van der Waals surface area contributed by atoms with Crippen molar-refractivity contribution in [1.82, 2.24) is 0 Å². The van der Waals surface area contributed by atoms with Gasteiger partial charge in [-0.05, 0) is 12.1 Å². The molecule has 0 heterocycles. The highest BCUT2D eigenvalue weighted by atomic mass is 32.2. The molecule has 0 aliphatic heterocycles. The zero-order valence-electron chi connectivity index (χ0n) is 10.5. The van der Waals surface area contributed by atoms with E-state index in [0.717, 1.165) is 10.3 Å². The van der Waals surface area contributed by atoms with Crippen molar-refractivity contribution in [2.75, 3.05) is 0 Å². The van der Waals surface area contributed by atoms with E-state index in [1.807, 2.05) is 12.1 Å². The van der Waals surface area contributed by atoms with Crippen molar-refractivity contribution in [3.63, 3.8) is 0 Å². The van der Waals surface area contributed by atoms with E-state index >= 15 is 0 Å². The summed E-state index contributed by atoms with van der Waals surface area (Å²) in [7, 11) is -5.84. The molecule has 1 N–H and O–H groups in total. The maximum Gasteiger partial charge on any atom is 0.522 e. The Morgan fingerprint density at radius 1 is 1.09 bits per heavy atom. The Balaban J connectivity index is 0.000000261. The van der Waals surface area contributed by atoms with Crippen molar-refractivity contribution in [1.29, 1.82) is 0 Å². The number of fused-ring (bicyclic) bond motifs is 1. The van der Waals surface area contributed by atoms with Crippen molar-refractivity contribution < 1.29 is 31.1 Å². The molecule has 0 saturated carbocycles. The van der Waals surface area contributed by atoms with Crippen LogP contribution in [-0.4, -0.2) is 23.4 Å². The van der Waals surface area contributed by atoms with E-state index < -0.39 is 15.6 Å². The van der Waals surface area contributed by atoms with E-state index in [9.17, 15) is 23.3 Å². The molecule has 120 valence electrons. The second-order valence-corrected chi connectivity index (χ2v) is 5.72. The highest BCUT2D eigenvalue weighted by Crippen LogP contribution is 2.29. The largest absolute Gasteiger partial charge is 0.522 e. The molecule has 0 spiro atoms. The van der Waals surface area contributed by atoms with Crippen LogP contribution in [0.4, 0.5) is 18.9 Å². The smallest absolute Gasteiger partial charge is 0.279 e. The summed E-state index contributed by atoms with van der Waals surface area (Å²) in [6.07, 6.45) is 0. The van der Waals surface area contributed by atoms with Gasteiger partial charge in [0.05, 0.1) is 10.3 Å². The molecule has 2 rings (SSSR count). The normalized spacial score (nSPS) is 11.7. The van der Waals surface area contributed by atoms with E-state index in [0.29, 0.717) is 5.39 Å². The van der Waals surface area contributed by atoms with Gasteiger partial charge in [0.1, 0.15) is 0 Å². The van der Waals surface area contributed by atoms with Crippen LogP contribution in [0, 0.1) is 10.1 Å². The van der Waals surface area contributed by atoms with Gasteiger partial charge in [0.25, 0.3) is 5.69 Å². The van der Waals surface area contributed by atoms with Crippen LogP contribution >= 0.6 is 12.6 Å². The molecule has 2 aromatic rings. The maximum absolute atomic E-state index is 10.7. The van der Waals surface area contributed by atoms with Crippen molar-refractivity contribution in [3.8, 4) is 0 Å². The molecule has 0 radical (unpaired) electrons. The molecule has 22 heavy (non-hydrogen) atoms. The summed E-state index contributed by atoms with van der Waals surface area (Å²) < 4.78 is 57.5. The van der Waals surface area contributed by atoms with Crippen molar-refractivity contribution in [3.05, 3.63) is 46.5 Å². The van der Waals surface area contributed by atoms with Crippen molar-refractivity contribution in [2.24, 2.45) is 0 Å². The van der Waals surface area contributed by atoms with Crippen LogP contribution in [0.2, 0.25) is 0 Å². The lowest BCUT2D eigenvalue weighted by atomic mass is 10.1. The number of nitrogens with zero attached hydrogens (tertiary/aromatic N) is 1. The third kappa shape index (κ3) is 4.32. The van der Waals surface area contributed by atoms with E-state index in [1.54, 1.807) is 18.2 Å². The first kappa shape index (κ1) is 18.2. The zero-order valence-corrected chi connectivity index (χ0v) is 12.2. The molecule has 0 amide bonds. The lowest BCUT2D eigenvalue weighted by Crippen LogP contribution is -2.21. The minimum atomic E-state index is -5.84. The molecule has 0 aliphatic carbocycles. The van der Waals surface area contributed by atoms with Crippen molar-refractivity contribution >= 4 is 39.2 Å². The van der Waals surface area contributed by atoms with Crippen LogP contribution < -0.4 is 0 Å². The fraction of sp³-hybridized carbons (Fsp3) is 0.0909. The first-order chi connectivity index (χ1) is 9.95. The summed E-state index contributed by atoms with van der Waals surface area (Å²) in [6.45, 7) is 0. The molecule has 0 aliphatic rings.